The number of hydrogen-bond acceptors (Lipinski definition) is 10. The number of nitriles is 1. The van der Waals surface area contributed by atoms with Crippen molar-refractivity contribution < 1.29 is 24.2 Å². The molecule has 0 heterocycles. The maximum atomic E-state index is 12.1. The van der Waals surface area contributed by atoms with E-state index in [1.807, 2.05) is 30.3 Å². The Labute approximate surface area is 204 Å². The molecule has 0 amide bonds. The van der Waals surface area contributed by atoms with E-state index in [9.17, 15) is 19.6 Å². The number of thiocarbonyl (C=S) groups is 2. The molecule has 0 aromatic heterocycles. The van der Waals surface area contributed by atoms with Crippen LogP contribution in [-0.4, -0.2) is 46.5 Å². The summed E-state index contributed by atoms with van der Waals surface area (Å²) < 4.78 is 4.88. The fourth-order valence-corrected chi connectivity index (χ4v) is 6.12. The third-order valence-electron chi connectivity index (χ3n) is 3.73. The Hall–Kier alpha value is -1.45. The number of carboxylic acids is 1. The second-order valence-electron chi connectivity index (χ2n) is 6.39. The summed E-state index contributed by atoms with van der Waals surface area (Å²) in [6.45, 7) is 3.24. The first-order chi connectivity index (χ1) is 14.6. The van der Waals surface area contributed by atoms with Crippen LogP contribution >= 0.6 is 59.7 Å². The Bertz CT molecular complexity index is 870. The van der Waals surface area contributed by atoms with Crippen molar-refractivity contribution in [1.82, 2.24) is 0 Å². The minimum absolute atomic E-state index is 0.0357. The number of thioether (sulfide) groups is 3. The van der Waals surface area contributed by atoms with Gasteiger partial charge in [0.2, 0.25) is 0 Å². The van der Waals surface area contributed by atoms with E-state index < -0.39 is 27.9 Å². The lowest BCUT2D eigenvalue weighted by atomic mass is 10.1. The first kappa shape index (κ1) is 27.6. The molecule has 2 atom stereocenters. The second kappa shape index (κ2) is 13.9. The van der Waals surface area contributed by atoms with Crippen LogP contribution in [0.2, 0.25) is 0 Å². The molecule has 0 saturated heterocycles. The number of nitrogens with zero attached hydrogens (tertiary/aromatic N) is 1. The van der Waals surface area contributed by atoms with Crippen LogP contribution in [0, 0.1) is 11.3 Å². The molecule has 0 spiro atoms. The van der Waals surface area contributed by atoms with Crippen LogP contribution in [0.5, 0.6) is 0 Å². The predicted molar refractivity (Wildman–Crippen MR) is 134 cm³/mol. The van der Waals surface area contributed by atoms with Gasteiger partial charge in [-0.25, -0.2) is 0 Å². The Kier molecular flexibility index (Phi) is 12.3. The van der Waals surface area contributed by atoms with E-state index in [0.717, 1.165) is 29.1 Å². The van der Waals surface area contributed by atoms with Crippen LogP contribution in [0.15, 0.2) is 30.3 Å². The zero-order chi connectivity index (χ0) is 23.4. The van der Waals surface area contributed by atoms with Gasteiger partial charge in [-0.2, -0.15) is 5.26 Å². The van der Waals surface area contributed by atoms with Gasteiger partial charge in [0, 0.05) is 12.2 Å². The molecule has 0 aliphatic carbocycles. The van der Waals surface area contributed by atoms with Crippen molar-refractivity contribution in [3.8, 4) is 6.07 Å². The largest absolute Gasteiger partial charge is 0.481 e. The number of rotatable bonds is 10. The first-order valence-electron chi connectivity index (χ1n) is 9.05. The first-order valence-corrected chi connectivity index (χ1v) is 12.6. The van der Waals surface area contributed by atoms with E-state index in [-0.39, 0.29) is 19.3 Å². The Balaban J connectivity index is 2.48. The lowest BCUT2D eigenvalue weighted by Crippen LogP contribution is -2.25. The Morgan fingerprint density at radius 1 is 1.23 bits per heavy atom. The fourth-order valence-electron chi connectivity index (χ4n) is 2.00. The lowest BCUT2D eigenvalue weighted by Gasteiger charge is -2.21. The van der Waals surface area contributed by atoms with Crippen LogP contribution in [-0.2, 0) is 19.1 Å². The van der Waals surface area contributed by atoms with E-state index >= 15 is 0 Å². The van der Waals surface area contributed by atoms with E-state index in [2.05, 4.69) is 6.07 Å². The molecule has 0 bridgehead atoms. The van der Waals surface area contributed by atoms with Crippen molar-refractivity contribution in [2.24, 2.45) is 0 Å². The summed E-state index contributed by atoms with van der Waals surface area (Å²) in [5.41, 5.74) is 0.824. The molecule has 11 heteroatoms. The van der Waals surface area contributed by atoms with Crippen molar-refractivity contribution in [1.29, 1.82) is 5.26 Å². The highest BCUT2D eigenvalue weighted by Gasteiger charge is 2.29. The van der Waals surface area contributed by atoms with E-state index in [1.54, 1.807) is 13.8 Å². The zero-order valence-corrected chi connectivity index (χ0v) is 20.9. The highest BCUT2D eigenvalue weighted by molar-refractivity contribution is 8.47. The number of hydrogen-bond donors (Lipinski definition) is 1. The number of carboxylic acid groups (broad SMARTS) is 1. The number of aliphatic carboxylic acids is 1. The molecular formula is C20H21NO5S5. The summed E-state index contributed by atoms with van der Waals surface area (Å²) in [6, 6.07) is 11.5. The molecule has 0 radical (unpaired) electrons. The van der Waals surface area contributed by atoms with Gasteiger partial charge in [0.15, 0.2) is 0 Å². The quantitative estimate of drug-likeness (QED) is 0.263. The molecule has 0 saturated carbocycles. The number of benzene rings is 1. The van der Waals surface area contributed by atoms with Gasteiger partial charge >= 0.3 is 17.9 Å². The van der Waals surface area contributed by atoms with Crippen LogP contribution < -0.4 is 0 Å². The summed E-state index contributed by atoms with van der Waals surface area (Å²) >= 11 is 13.9. The molecule has 6 nitrogen and oxygen atoms in total. The molecular weight excluding hydrogens is 495 g/mol. The lowest BCUT2D eigenvalue weighted by molar-refractivity contribution is -0.159. The van der Waals surface area contributed by atoms with E-state index in [1.165, 1.54) is 11.8 Å². The molecule has 2 unspecified atom stereocenters. The standard InChI is InChI=1S/C20H21NO5S5/c1-13(30-19(28)29-11-9-15(22)23)17(25)26-16(24)8-10-20(2,12-21)31-18(27)14-6-4-3-5-7-14/h3-7,13H,8-11H2,1-2H3,(H,22,23). The van der Waals surface area contributed by atoms with Crippen LogP contribution in [0.4, 0.5) is 0 Å². The average Bonchev–Trinajstić information content (AvgIpc) is 2.72. The summed E-state index contributed by atoms with van der Waals surface area (Å²) in [5.74, 6) is -2.08. The smallest absolute Gasteiger partial charge is 0.326 e. The van der Waals surface area contributed by atoms with Crippen molar-refractivity contribution >= 4 is 85.4 Å². The zero-order valence-electron chi connectivity index (χ0n) is 16.9. The monoisotopic (exact) mass is 515 g/mol. The highest BCUT2D eigenvalue weighted by atomic mass is 32.2. The molecule has 1 aromatic rings. The van der Waals surface area contributed by atoms with Crippen molar-refractivity contribution in [3.63, 3.8) is 0 Å². The van der Waals surface area contributed by atoms with Crippen molar-refractivity contribution in [2.45, 2.75) is 43.1 Å². The van der Waals surface area contributed by atoms with Gasteiger partial charge in [-0.1, -0.05) is 78.3 Å². The minimum Gasteiger partial charge on any atom is -0.481 e. The average molecular weight is 516 g/mol. The molecule has 31 heavy (non-hydrogen) atoms. The maximum absolute atomic E-state index is 12.1. The third-order valence-corrected chi connectivity index (χ3v) is 8.04. The van der Waals surface area contributed by atoms with Gasteiger partial charge in [0.05, 0.1) is 16.7 Å². The summed E-state index contributed by atoms with van der Waals surface area (Å²) in [5, 5.41) is 17.5. The second-order valence-corrected chi connectivity index (χ2v) is 12.2. The molecule has 166 valence electrons. The van der Waals surface area contributed by atoms with Gasteiger partial charge in [-0.3, -0.25) is 14.4 Å². The van der Waals surface area contributed by atoms with Gasteiger partial charge in [-0.05, 0) is 25.8 Å². The molecule has 1 aromatic carbocycles. The fraction of sp³-hybridized carbons (Fsp3) is 0.400. The van der Waals surface area contributed by atoms with Gasteiger partial charge in [0.1, 0.15) is 13.5 Å². The van der Waals surface area contributed by atoms with Gasteiger partial charge in [-0.15, -0.1) is 11.8 Å². The van der Waals surface area contributed by atoms with E-state index in [0.29, 0.717) is 13.5 Å². The van der Waals surface area contributed by atoms with Crippen molar-refractivity contribution in [3.05, 3.63) is 35.9 Å². The SMILES string of the molecule is CC(SC(=S)SCCC(=O)O)C(=O)OC(=O)CCC(C)(C#N)SC(=S)c1ccccc1. The van der Waals surface area contributed by atoms with Crippen molar-refractivity contribution in [2.75, 3.05) is 5.75 Å². The van der Waals surface area contributed by atoms with Gasteiger partial charge < -0.3 is 9.84 Å². The van der Waals surface area contributed by atoms with Crippen LogP contribution in [0.3, 0.4) is 0 Å². The Morgan fingerprint density at radius 2 is 1.87 bits per heavy atom. The summed E-state index contributed by atoms with van der Waals surface area (Å²) in [6.07, 6.45) is 0.0136. The summed E-state index contributed by atoms with van der Waals surface area (Å²) in [4.78, 5) is 34.7. The van der Waals surface area contributed by atoms with E-state index in [4.69, 9.17) is 34.3 Å². The van der Waals surface area contributed by atoms with Crippen LogP contribution in [0.1, 0.15) is 38.7 Å². The van der Waals surface area contributed by atoms with Gasteiger partial charge in [0.25, 0.3) is 0 Å². The number of carbonyl (C=O) groups is 3. The maximum Gasteiger partial charge on any atom is 0.326 e. The molecule has 1 N–H and O–H groups in total. The topological polar surface area (TPSA) is 104 Å². The molecule has 0 aliphatic heterocycles. The predicted octanol–water partition coefficient (Wildman–Crippen LogP) is 4.84. The summed E-state index contributed by atoms with van der Waals surface area (Å²) in [7, 11) is 0. The highest BCUT2D eigenvalue weighted by Crippen LogP contribution is 2.33. The molecule has 0 fully saturated rings. The normalized spacial score (nSPS) is 13.3. The number of ether oxygens (including phenoxy) is 1. The number of carbonyl (C=O) groups excluding carboxylic acids is 2. The van der Waals surface area contributed by atoms with Crippen LogP contribution in [0.25, 0.3) is 0 Å². The Morgan fingerprint density at radius 3 is 2.45 bits per heavy atom. The molecule has 1 rings (SSSR count). The third kappa shape index (κ3) is 11.1. The number of esters is 2. The minimum atomic E-state index is -0.947. The molecule has 0 aliphatic rings.